The molecule has 5 nitrogen and oxygen atoms in total. The lowest BCUT2D eigenvalue weighted by Gasteiger charge is -2.16. The maximum Gasteiger partial charge on any atom is 0.270 e. The Morgan fingerprint density at radius 1 is 1.56 bits per heavy atom. The summed E-state index contributed by atoms with van der Waals surface area (Å²) in [7, 11) is 0. The summed E-state index contributed by atoms with van der Waals surface area (Å²) in [6, 6.07) is 5.12. The van der Waals surface area contributed by atoms with Gasteiger partial charge in [-0.15, -0.1) is 0 Å². The van der Waals surface area contributed by atoms with E-state index >= 15 is 0 Å². The van der Waals surface area contributed by atoms with Gasteiger partial charge in [-0.25, -0.2) is 0 Å². The van der Waals surface area contributed by atoms with E-state index in [0.717, 1.165) is 29.7 Å². The fourth-order valence-electron chi connectivity index (χ4n) is 2.24. The molecule has 1 fully saturated rings. The predicted molar refractivity (Wildman–Crippen MR) is 73.2 cm³/mol. The van der Waals surface area contributed by atoms with Crippen molar-refractivity contribution >= 4 is 21.6 Å². The van der Waals surface area contributed by atoms with Gasteiger partial charge in [-0.3, -0.25) is 15.0 Å². The molecule has 0 spiro atoms. The topological polar surface area (TPSA) is 72.4 Å². The van der Waals surface area contributed by atoms with Crippen LogP contribution in [0, 0.1) is 16.0 Å². The van der Waals surface area contributed by atoms with Gasteiger partial charge >= 0.3 is 0 Å². The van der Waals surface area contributed by atoms with Crippen molar-refractivity contribution in [2.24, 2.45) is 11.7 Å². The van der Waals surface area contributed by atoms with Gasteiger partial charge in [-0.2, -0.15) is 0 Å². The van der Waals surface area contributed by atoms with Crippen LogP contribution in [0.5, 0.6) is 0 Å². The lowest BCUT2D eigenvalue weighted by molar-refractivity contribution is -0.384. The number of halogens is 1. The number of nitro groups is 1. The monoisotopic (exact) mass is 313 g/mol. The Hall–Kier alpha value is -0.980. The third-order valence-electron chi connectivity index (χ3n) is 3.39. The van der Waals surface area contributed by atoms with E-state index in [4.69, 9.17) is 5.73 Å². The highest BCUT2D eigenvalue weighted by Gasteiger charge is 2.26. The number of non-ortho nitro benzene ring substituents is 1. The van der Waals surface area contributed by atoms with Gasteiger partial charge in [0.1, 0.15) is 0 Å². The van der Waals surface area contributed by atoms with Crippen LogP contribution in [-0.4, -0.2) is 29.0 Å². The van der Waals surface area contributed by atoms with E-state index in [9.17, 15) is 10.1 Å². The zero-order valence-corrected chi connectivity index (χ0v) is 11.8. The van der Waals surface area contributed by atoms with Crippen molar-refractivity contribution in [2.45, 2.75) is 19.5 Å². The Kier molecular flexibility index (Phi) is 3.99. The maximum atomic E-state index is 10.7. The molecule has 1 aromatic rings. The predicted octanol–water partition coefficient (Wildman–Crippen LogP) is 2.14. The van der Waals surface area contributed by atoms with E-state index in [1.165, 1.54) is 0 Å². The Bertz CT molecular complexity index is 457. The molecular weight excluding hydrogens is 298 g/mol. The van der Waals surface area contributed by atoms with Gasteiger partial charge in [0.25, 0.3) is 5.69 Å². The first-order valence-corrected chi connectivity index (χ1v) is 6.67. The molecule has 0 saturated carbocycles. The third-order valence-corrected chi connectivity index (χ3v) is 4.13. The van der Waals surface area contributed by atoms with Crippen molar-refractivity contribution in [1.29, 1.82) is 0 Å². The average Bonchev–Trinajstić information content (AvgIpc) is 2.61. The molecule has 2 unspecified atom stereocenters. The molecule has 1 saturated heterocycles. The average molecular weight is 314 g/mol. The lowest BCUT2D eigenvalue weighted by Crippen LogP contribution is -2.28. The number of nitrogens with zero attached hydrogens (tertiary/aromatic N) is 2. The van der Waals surface area contributed by atoms with Gasteiger partial charge in [0.2, 0.25) is 0 Å². The summed E-state index contributed by atoms with van der Waals surface area (Å²) in [5.41, 5.74) is 7.15. The van der Waals surface area contributed by atoms with E-state index in [2.05, 4.69) is 27.8 Å². The van der Waals surface area contributed by atoms with Crippen molar-refractivity contribution in [2.75, 3.05) is 13.1 Å². The van der Waals surface area contributed by atoms with Gasteiger partial charge in [-0.1, -0.05) is 22.9 Å². The molecule has 6 heteroatoms. The minimum atomic E-state index is -0.387. The fourth-order valence-corrected chi connectivity index (χ4v) is 2.74. The molecule has 0 aliphatic carbocycles. The standard InChI is InChI=1S/C12H16BrN3O2/c1-8-5-15(7-12(8)14)6-9-2-3-10(16(17)18)4-11(9)13/h2-4,8,12H,5-7,14H2,1H3. The summed E-state index contributed by atoms with van der Waals surface area (Å²) in [4.78, 5) is 12.5. The second-order valence-corrected chi connectivity index (χ2v) is 5.72. The number of likely N-dealkylation sites (tertiary alicyclic amines) is 1. The molecule has 0 amide bonds. The summed E-state index contributed by atoms with van der Waals surface area (Å²) in [6.07, 6.45) is 0. The molecule has 98 valence electrons. The van der Waals surface area contributed by atoms with E-state index in [1.54, 1.807) is 18.2 Å². The van der Waals surface area contributed by atoms with Gasteiger partial charge in [0.15, 0.2) is 0 Å². The van der Waals surface area contributed by atoms with Gasteiger partial charge in [0, 0.05) is 42.3 Å². The molecule has 18 heavy (non-hydrogen) atoms. The molecular formula is C12H16BrN3O2. The first kappa shape index (κ1) is 13.5. The highest BCUT2D eigenvalue weighted by molar-refractivity contribution is 9.10. The van der Waals surface area contributed by atoms with Gasteiger partial charge in [0.05, 0.1) is 4.92 Å². The largest absolute Gasteiger partial charge is 0.326 e. The molecule has 1 aliphatic heterocycles. The second-order valence-electron chi connectivity index (χ2n) is 4.87. The van der Waals surface area contributed by atoms with E-state index in [-0.39, 0.29) is 16.7 Å². The number of benzene rings is 1. The van der Waals surface area contributed by atoms with Crippen LogP contribution < -0.4 is 5.73 Å². The Balaban J connectivity index is 2.08. The van der Waals surface area contributed by atoms with Crippen LogP contribution in [0.2, 0.25) is 0 Å². The van der Waals surface area contributed by atoms with Crippen LogP contribution in [0.15, 0.2) is 22.7 Å². The quantitative estimate of drug-likeness (QED) is 0.685. The summed E-state index contributed by atoms with van der Waals surface area (Å²) in [6.45, 7) is 4.78. The first-order valence-electron chi connectivity index (χ1n) is 5.88. The molecule has 2 N–H and O–H groups in total. The fraction of sp³-hybridized carbons (Fsp3) is 0.500. The van der Waals surface area contributed by atoms with Crippen LogP contribution in [0.3, 0.4) is 0 Å². The molecule has 2 rings (SSSR count). The Morgan fingerprint density at radius 3 is 2.78 bits per heavy atom. The van der Waals surface area contributed by atoms with Gasteiger partial charge < -0.3 is 5.73 Å². The van der Waals surface area contributed by atoms with Crippen molar-refractivity contribution in [1.82, 2.24) is 4.90 Å². The van der Waals surface area contributed by atoms with E-state index < -0.39 is 0 Å². The minimum absolute atomic E-state index is 0.108. The van der Waals surface area contributed by atoms with Crippen molar-refractivity contribution in [3.63, 3.8) is 0 Å². The SMILES string of the molecule is CC1CN(Cc2ccc([N+](=O)[O-])cc2Br)CC1N. The van der Waals surface area contributed by atoms with E-state index in [0.29, 0.717) is 5.92 Å². The van der Waals surface area contributed by atoms with Crippen molar-refractivity contribution in [3.8, 4) is 0 Å². The number of hydrogen-bond donors (Lipinski definition) is 1. The molecule has 0 aromatic heterocycles. The molecule has 1 aromatic carbocycles. The number of rotatable bonds is 3. The zero-order valence-electron chi connectivity index (χ0n) is 10.2. The van der Waals surface area contributed by atoms with Crippen LogP contribution in [0.1, 0.15) is 12.5 Å². The molecule has 1 aliphatic rings. The highest BCUT2D eigenvalue weighted by Crippen LogP contribution is 2.26. The summed E-state index contributed by atoms with van der Waals surface area (Å²) in [5.74, 6) is 0.502. The number of hydrogen-bond acceptors (Lipinski definition) is 4. The van der Waals surface area contributed by atoms with Crippen LogP contribution in [-0.2, 0) is 6.54 Å². The van der Waals surface area contributed by atoms with E-state index in [1.807, 2.05) is 0 Å². The van der Waals surface area contributed by atoms with Crippen molar-refractivity contribution < 1.29 is 4.92 Å². The first-order chi connectivity index (χ1) is 8.47. The number of nitro benzene ring substituents is 1. The molecule has 0 bridgehead atoms. The normalized spacial score (nSPS) is 24.4. The zero-order chi connectivity index (χ0) is 13.3. The summed E-state index contributed by atoms with van der Waals surface area (Å²) >= 11 is 3.39. The van der Waals surface area contributed by atoms with Crippen LogP contribution >= 0.6 is 15.9 Å². The lowest BCUT2D eigenvalue weighted by atomic mass is 10.1. The molecule has 1 heterocycles. The summed E-state index contributed by atoms with van der Waals surface area (Å²) < 4.78 is 0.782. The Labute approximate surface area is 114 Å². The molecule has 2 atom stereocenters. The molecule has 0 radical (unpaired) electrons. The van der Waals surface area contributed by atoms with Crippen molar-refractivity contribution in [3.05, 3.63) is 38.3 Å². The third kappa shape index (κ3) is 2.88. The van der Waals surface area contributed by atoms with Crippen LogP contribution in [0.4, 0.5) is 5.69 Å². The smallest absolute Gasteiger partial charge is 0.270 e. The summed E-state index contributed by atoms with van der Waals surface area (Å²) in [5, 5.41) is 10.7. The number of nitrogens with two attached hydrogens (primary N) is 1. The maximum absolute atomic E-state index is 10.7. The van der Waals surface area contributed by atoms with Gasteiger partial charge in [-0.05, 0) is 17.5 Å². The minimum Gasteiger partial charge on any atom is -0.326 e. The second kappa shape index (κ2) is 5.34. The highest BCUT2D eigenvalue weighted by atomic mass is 79.9. The Morgan fingerprint density at radius 2 is 2.28 bits per heavy atom. The van der Waals surface area contributed by atoms with Crippen LogP contribution in [0.25, 0.3) is 0 Å².